The summed E-state index contributed by atoms with van der Waals surface area (Å²) in [5.41, 5.74) is 0.880. The summed E-state index contributed by atoms with van der Waals surface area (Å²) in [5, 5.41) is 17.6. The molecule has 0 spiro atoms. The molecule has 0 heterocycles. The Kier molecular flexibility index (Phi) is 6.34. The summed E-state index contributed by atoms with van der Waals surface area (Å²) < 4.78 is 26.6. The highest BCUT2D eigenvalue weighted by molar-refractivity contribution is 7.88. The van der Waals surface area contributed by atoms with Crippen LogP contribution in [-0.4, -0.2) is 25.5 Å². The highest BCUT2D eigenvalue weighted by Crippen LogP contribution is 2.10. The Morgan fingerprint density at radius 2 is 2.19 bits per heavy atom. The van der Waals surface area contributed by atoms with Crippen LogP contribution in [0.15, 0.2) is 24.3 Å². The Balaban J connectivity index is 2.79. The fraction of sp³-hybridized carbons (Fsp3) is 0.429. The van der Waals surface area contributed by atoms with Crippen molar-refractivity contribution in [2.45, 2.75) is 38.0 Å². The predicted octanol–water partition coefficient (Wildman–Crippen LogP) is 1.62. The van der Waals surface area contributed by atoms with Gasteiger partial charge < -0.3 is 5.11 Å². The topological polar surface area (TPSA) is 107 Å². The molecule has 0 aromatic heterocycles. The summed E-state index contributed by atoms with van der Waals surface area (Å²) in [6, 6.07) is 7.66. The third-order valence-electron chi connectivity index (χ3n) is 2.82. The average molecular weight is 310 g/mol. The quantitative estimate of drug-likeness (QED) is 0.758. The number of carboxylic acids is 1. The number of nitrogens with zero attached hydrogens (tertiary/aromatic N) is 1. The maximum Gasteiger partial charge on any atom is 0.304 e. The van der Waals surface area contributed by atoms with E-state index < -0.39 is 22.0 Å². The van der Waals surface area contributed by atoms with Gasteiger partial charge in [0.25, 0.3) is 0 Å². The molecule has 0 aliphatic carbocycles. The van der Waals surface area contributed by atoms with Crippen LogP contribution in [0.1, 0.15) is 37.3 Å². The van der Waals surface area contributed by atoms with Crippen LogP contribution in [0, 0.1) is 11.3 Å². The highest BCUT2D eigenvalue weighted by atomic mass is 32.2. The molecule has 1 atom stereocenters. The van der Waals surface area contributed by atoms with Gasteiger partial charge in [-0.25, -0.2) is 13.1 Å². The number of hydrogen-bond donors (Lipinski definition) is 2. The van der Waals surface area contributed by atoms with Crippen molar-refractivity contribution in [3.63, 3.8) is 0 Å². The second kappa shape index (κ2) is 7.76. The number of nitrogens with one attached hydrogen (secondary N) is 1. The minimum absolute atomic E-state index is 0.245. The lowest BCUT2D eigenvalue weighted by Crippen LogP contribution is -2.37. The van der Waals surface area contributed by atoms with E-state index in [0.717, 1.165) is 0 Å². The van der Waals surface area contributed by atoms with Gasteiger partial charge in [-0.1, -0.05) is 25.5 Å². The third-order valence-corrected chi connectivity index (χ3v) is 4.22. The van der Waals surface area contributed by atoms with Crippen LogP contribution >= 0.6 is 0 Å². The molecule has 1 aromatic carbocycles. The molecule has 1 unspecified atom stereocenters. The number of aliphatic carboxylic acids is 1. The molecular weight excluding hydrogens is 292 g/mol. The second-order valence-electron chi connectivity index (χ2n) is 4.77. The molecule has 7 heteroatoms. The molecule has 2 N–H and O–H groups in total. The first-order valence-corrected chi connectivity index (χ1v) is 8.22. The lowest BCUT2D eigenvalue weighted by atomic mass is 10.1. The zero-order valence-electron chi connectivity index (χ0n) is 11.7. The Hall–Kier alpha value is -1.91. The first kappa shape index (κ1) is 17.1. The van der Waals surface area contributed by atoms with E-state index in [1.807, 2.05) is 13.0 Å². The number of rotatable bonds is 8. The standard InChI is InChI=1S/C14H18N2O4S/c1-2-4-13(8-14(17)18)16-21(19,20)10-12-6-3-5-11(7-12)9-15/h3,5-7,13,16H,2,4,8,10H2,1H3,(H,17,18). The molecule has 0 radical (unpaired) electrons. The van der Waals surface area contributed by atoms with Crippen molar-refractivity contribution in [3.05, 3.63) is 35.4 Å². The number of carbonyl (C=O) groups is 1. The van der Waals surface area contributed by atoms with Crippen LogP contribution in [0.4, 0.5) is 0 Å². The van der Waals surface area contributed by atoms with Crippen LogP contribution in [-0.2, 0) is 20.6 Å². The van der Waals surface area contributed by atoms with Gasteiger partial charge in [0, 0.05) is 6.04 Å². The average Bonchev–Trinajstić information content (AvgIpc) is 2.37. The molecule has 0 fully saturated rings. The zero-order chi connectivity index (χ0) is 15.9. The summed E-state index contributed by atoms with van der Waals surface area (Å²) in [4.78, 5) is 10.7. The maximum atomic E-state index is 12.1. The van der Waals surface area contributed by atoms with E-state index in [1.54, 1.807) is 18.2 Å². The maximum absolute atomic E-state index is 12.1. The van der Waals surface area contributed by atoms with E-state index >= 15 is 0 Å². The van der Waals surface area contributed by atoms with Gasteiger partial charge in [-0.05, 0) is 24.1 Å². The summed E-state index contributed by atoms with van der Waals surface area (Å²) in [5.74, 6) is -1.31. The van der Waals surface area contributed by atoms with Crippen LogP contribution in [0.3, 0.4) is 0 Å². The van der Waals surface area contributed by atoms with Crippen LogP contribution in [0.5, 0.6) is 0 Å². The Morgan fingerprint density at radius 3 is 2.76 bits per heavy atom. The summed E-state index contributed by atoms with van der Waals surface area (Å²) in [6.07, 6.45) is 0.902. The Labute approximate surface area is 124 Å². The first-order chi connectivity index (χ1) is 9.86. The van der Waals surface area contributed by atoms with E-state index in [4.69, 9.17) is 10.4 Å². The molecule has 0 bridgehead atoms. The van der Waals surface area contributed by atoms with Gasteiger partial charge in [0.15, 0.2) is 0 Å². The van der Waals surface area contributed by atoms with Crippen molar-refractivity contribution < 1.29 is 18.3 Å². The van der Waals surface area contributed by atoms with Gasteiger partial charge in [0.2, 0.25) is 10.0 Å². The van der Waals surface area contributed by atoms with Crippen molar-refractivity contribution in [3.8, 4) is 6.07 Å². The van der Waals surface area contributed by atoms with Crippen molar-refractivity contribution in [1.29, 1.82) is 5.26 Å². The number of hydrogen-bond acceptors (Lipinski definition) is 4. The van der Waals surface area contributed by atoms with Crippen molar-refractivity contribution >= 4 is 16.0 Å². The van der Waals surface area contributed by atoms with Crippen molar-refractivity contribution in [1.82, 2.24) is 4.72 Å². The fourth-order valence-corrected chi connectivity index (χ4v) is 3.42. The molecule has 21 heavy (non-hydrogen) atoms. The lowest BCUT2D eigenvalue weighted by Gasteiger charge is -2.16. The first-order valence-electron chi connectivity index (χ1n) is 6.57. The zero-order valence-corrected chi connectivity index (χ0v) is 12.6. The largest absolute Gasteiger partial charge is 0.481 e. The number of benzene rings is 1. The van der Waals surface area contributed by atoms with Gasteiger partial charge >= 0.3 is 5.97 Å². The molecule has 6 nitrogen and oxygen atoms in total. The van der Waals surface area contributed by atoms with Crippen LogP contribution < -0.4 is 4.72 Å². The predicted molar refractivity (Wildman–Crippen MR) is 77.9 cm³/mol. The molecule has 0 aliphatic rings. The fourth-order valence-electron chi connectivity index (χ4n) is 2.01. The van der Waals surface area contributed by atoms with Crippen molar-refractivity contribution in [2.75, 3.05) is 0 Å². The monoisotopic (exact) mass is 310 g/mol. The highest BCUT2D eigenvalue weighted by Gasteiger charge is 2.20. The smallest absolute Gasteiger partial charge is 0.304 e. The molecular formula is C14H18N2O4S. The second-order valence-corrected chi connectivity index (χ2v) is 6.53. The van der Waals surface area contributed by atoms with E-state index in [2.05, 4.69) is 4.72 Å². The minimum Gasteiger partial charge on any atom is -0.481 e. The van der Waals surface area contributed by atoms with E-state index in [9.17, 15) is 13.2 Å². The molecule has 1 aromatic rings. The van der Waals surface area contributed by atoms with Gasteiger partial charge in [-0.3, -0.25) is 4.79 Å². The van der Waals surface area contributed by atoms with E-state index in [-0.39, 0.29) is 12.2 Å². The lowest BCUT2D eigenvalue weighted by molar-refractivity contribution is -0.137. The van der Waals surface area contributed by atoms with E-state index in [0.29, 0.717) is 24.0 Å². The summed E-state index contributed by atoms with van der Waals surface area (Å²) >= 11 is 0. The molecule has 0 saturated heterocycles. The molecule has 0 amide bonds. The summed E-state index contributed by atoms with van der Waals surface area (Å²) in [7, 11) is -3.65. The molecule has 0 aliphatic heterocycles. The van der Waals surface area contributed by atoms with Crippen molar-refractivity contribution in [2.24, 2.45) is 0 Å². The van der Waals surface area contributed by atoms with Crippen LogP contribution in [0.2, 0.25) is 0 Å². The number of nitriles is 1. The number of carboxylic acid groups (broad SMARTS) is 1. The summed E-state index contributed by atoms with van der Waals surface area (Å²) in [6.45, 7) is 1.86. The normalized spacial score (nSPS) is 12.6. The molecule has 0 saturated carbocycles. The van der Waals surface area contributed by atoms with Gasteiger partial charge in [-0.2, -0.15) is 5.26 Å². The van der Waals surface area contributed by atoms with Crippen LogP contribution in [0.25, 0.3) is 0 Å². The molecule has 114 valence electrons. The Morgan fingerprint density at radius 1 is 1.48 bits per heavy atom. The number of sulfonamides is 1. The van der Waals surface area contributed by atoms with Gasteiger partial charge in [-0.15, -0.1) is 0 Å². The minimum atomic E-state index is -3.65. The molecule has 1 rings (SSSR count). The van der Waals surface area contributed by atoms with E-state index in [1.165, 1.54) is 6.07 Å². The third kappa shape index (κ3) is 6.38. The van der Waals surface area contributed by atoms with Gasteiger partial charge in [0.1, 0.15) is 0 Å². The Bertz CT molecular complexity index is 635. The SMILES string of the molecule is CCCC(CC(=O)O)NS(=O)(=O)Cc1cccc(C#N)c1. The van der Waals surface area contributed by atoms with Gasteiger partial charge in [0.05, 0.1) is 23.8 Å².